The first-order valence-electron chi connectivity index (χ1n) is 8.36. The largest absolute Gasteiger partial charge is 0.207 e. The van der Waals surface area contributed by atoms with Gasteiger partial charge in [0, 0.05) is 0 Å². The second-order valence-electron chi connectivity index (χ2n) is 6.18. The molecule has 0 aliphatic heterocycles. The molecule has 25 heavy (non-hydrogen) atoms. The van der Waals surface area contributed by atoms with Crippen LogP contribution in [0.25, 0.3) is 0 Å². The zero-order valence-electron chi connectivity index (χ0n) is 13.8. The van der Waals surface area contributed by atoms with Crippen molar-refractivity contribution in [2.75, 3.05) is 0 Å². The second-order valence-corrected chi connectivity index (χ2v) is 6.18. The van der Waals surface area contributed by atoms with Crippen molar-refractivity contribution in [1.29, 1.82) is 0 Å². The van der Waals surface area contributed by atoms with Gasteiger partial charge in [-0.1, -0.05) is 36.4 Å². The summed E-state index contributed by atoms with van der Waals surface area (Å²) in [6, 6.07) is 17.9. The van der Waals surface area contributed by atoms with Gasteiger partial charge >= 0.3 is 0 Å². The van der Waals surface area contributed by atoms with E-state index in [1.807, 2.05) is 6.07 Å². The third kappa shape index (κ3) is 4.96. The smallest absolute Gasteiger partial charge is 0.126 e. The van der Waals surface area contributed by atoms with Crippen LogP contribution >= 0.6 is 0 Å². The lowest BCUT2D eigenvalue weighted by molar-refractivity contribution is 0.607. The SMILES string of the molecule is Fc1ccc(CCc2ccc(F)c(CCc3ccc(F)cc3)c2)cc1. The van der Waals surface area contributed by atoms with Gasteiger partial charge in [-0.25, -0.2) is 13.2 Å². The number of rotatable bonds is 6. The van der Waals surface area contributed by atoms with E-state index in [2.05, 4.69) is 0 Å². The molecule has 0 spiro atoms. The maximum Gasteiger partial charge on any atom is 0.126 e. The second kappa shape index (κ2) is 8.02. The molecule has 3 aromatic carbocycles. The lowest BCUT2D eigenvalue weighted by atomic mass is 9.99. The zero-order chi connectivity index (χ0) is 17.6. The molecule has 0 amide bonds. The Morgan fingerprint density at radius 2 is 0.920 bits per heavy atom. The van der Waals surface area contributed by atoms with E-state index in [4.69, 9.17) is 0 Å². The van der Waals surface area contributed by atoms with Gasteiger partial charge in [-0.05, 0) is 78.3 Å². The summed E-state index contributed by atoms with van der Waals surface area (Å²) in [5.41, 5.74) is 3.76. The fourth-order valence-corrected chi connectivity index (χ4v) is 2.85. The fourth-order valence-electron chi connectivity index (χ4n) is 2.85. The highest BCUT2D eigenvalue weighted by Gasteiger charge is 2.06. The topological polar surface area (TPSA) is 0 Å². The van der Waals surface area contributed by atoms with Crippen LogP contribution < -0.4 is 0 Å². The van der Waals surface area contributed by atoms with Gasteiger partial charge < -0.3 is 0 Å². The molecular formula is C22H19F3. The van der Waals surface area contributed by atoms with Crippen molar-refractivity contribution in [3.63, 3.8) is 0 Å². The number of benzene rings is 3. The van der Waals surface area contributed by atoms with Crippen molar-refractivity contribution < 1.29 is 13.2 Å². The van der Waals surface area contributed by atoms with E-state index in [-0.39, 0.29) is 17.5 Å². The van der Waals surface area contributed by atoms with Crippen molar-refractivity contribution in [1.82, 2.24) is 0 Å². The molecule has 0 aliphatic rings. The highest BCUT2D eigenvalue weighted by Crippen LogP contribution is 2.16. The van der Waals surface area contributed by atoms with Crippen LogP contribution in [0.4, 0.5) is 13.2 Å². The molecular weight excluding hydrogens is 321 g/mol. The monoisotopic (exact) mass is 340 g/mol. The van der Waals surface area contributed by atoms with Crippen LogP contribution in [0.2, 0.25) is 0 Å². The van der Waals surface area contributed by atoms with Gasteiger partial charge in [0.15, 0.2) is 0 Å². The van der Waals surface area contributed by atoms with Crippen LogP contribution in [-0.4, -0.2) is 0 Å². The highest BCUT2D eigenvalue weighted by atomic mass is 19.1. The summed E-state index contributed by atoms with van der Waals surface area (Å²) in [6.07, 6.45) is 2.79. The summed E-state index contributed by atoms with van der Waals surface area (Å²) in [7, 11) is 0. The van der Waals surface area contributed by atoms with E-state index >= 15 is 0 Å². The molecule has 0 N–H and O–H groups in total. The molecule has 0 unspecified atom stereocenters. The highest BCUT2D eigenvalue weighted by molar-refractivity contribution is 5.28. The minimum absolute atomic E-state index is 0.215. The molecule has 0 atom stereocenters. The number of aryl methyl sites for hydroxylation is 4. The van der Waals surface area contributed by atoms with Crippen molar-refractivity contribution in [2.24, 2.45) is 0 Å². The molecule has 3 heteroatoms. The summed E-state index contributed by atoms with van der Waals surface area (Å²) in [4.78, 5) is 0. The Bertz CT molecular complexity index is 821. The molecule has 0 radical (unpaired) electrons. The summed E-state index contributed by atoms with van der Waals surface area (Å²) in [6.45, 7) is 0. The first kappa shape index (κ1) is 17.3. The average Bonchev–Trinajstić information content (AvgIpc) is 2.62. The molecule has 0 bridgehead atoms. The van der Waals surface area contributed by atoms with Crippen molar-refractivity contribution >= 4 is 0 Å². The standard InChI is InChI=1S/C22H19F3/c23-20-10-4-16(5-11-20)1-2-18-8-14-22(25)19(15-18)9-3-17-6-12-21(24)13-7-17/h4-8,10-15H,1-3,9H2. The van der Waals surface area contributed by atoms with Gasteiger partial charge in [0.25, 0.3) is 0 Å². The van der Waals surface area contributed by atoms with Crippen LogP contribution in [0.3, 0.4) is 0 Å². The van der Waals surface area contributed by atoms with E-state index in [1.54, 1.807) is 30.3 Å². The summed E-state index contributed by atoms with van der Waals surface area (Å²) < 4.78 is 39.9. The molecule has 0 fully saturated rings. The van der Waals surface area contributed by atoms with Gasteiger partial charge in [0.2, 0.25) is 0 Å². The molecule has 0 saturated heterocycles. The lowest BCUT2D eigenvalue weighted by Crippen LogP contribution is -1.98. The minimum atomic E-state index is -0.266. The summed E-state index contributed by atoms with van der Waals surface area (Å²) in [5, 5.41) is 0. The van der Waals surface area contributed by atoms with E-state index in [0.717, 1.165) is 29.5 Å². The molecule has 0 nitrogen and oxygen atoms in total. The number of halogens is 3. The molecule has 0 saturated carbocycles. The normalized spacial score (nSPS) is 10.8. The van der Waals surface area contributed by atoms with Gasteiger partial charge in [0.1, 0.15) is 17.5 Å². The van der Waals surface area contributed by atoms with Crippen molar-refractivity contribution in [3.05, 3.63) is 106 Å². The summed E-state index contributed by atoms with van der Waals surface area (Å²) in [5.74, 6) is -0.723. The Labute approximate surface area is 146 Å². The summed E-state index contributed by atoms with van der Waals surface area (Å²) >= 11 is 0. The Morgan fingerprint density at radius 3 is 1.48 bits per heavy atom. The van der Waals surface area contributed by atoms with E-state index in [1.165, 1.54) is 30.3 Å². The molecule has 3 rings (SSSR count). The minimum Gasteiger partial charge on any atom is -0.207 e. The van der Waals surface area contributed by atoms with Gasteiger partial charge in [-0.2, -0.15) is 0 Å². The molecule has 128 valence electrons. The van der Waals surface area contributed by atoms with E-state index in [9.17, 15) is 13.2 Å². The van der Waals surface area contributed by atoms with Crippen LogP contribution in [0.5, 0.6) is 0 Å². The first-order valence-corrected chi connectivity index (χ1v) is 8.36. The predicted octanol–water partition coefficient (Wildman–Crippen LogP) is 5.67. The van der Waals surface area contributed by atoms with Crippen LogP contribution in [0.1, 0.15) is 22.3 Å². The Morgan fingerprint density at radius 1 is 0.480 bits per heavy atom. The molecule has 0 aliphatic carbocycles. The number of hydrogen-bond acceptors (Lipinski definition) is 0. The number of hydrogen-bond donors (Lipinski definition) is 0. The average molecular weight is 340 g/mol. The lowest BCUT2D eigenvalue weighted by Gasteiger charge is -2.08. The zero-order valence-corrected chi connectivity index (χ0v) is 13.8. The fraction of sp³-hybridized carbons (Fsp3) is 0.182. The maximum atomic E-state index is 14.0. The predicted molar refractivity (Wildman–Crippen MR) is 94.0 cm³/mol. The quantitative estimate of drug-likeness (QED) is 0.542. The Kier molecular flexibility index (Phi) is 5.54. The maximum absolute atomic E-state index is 14.0. The molecule has 0 heterocycles. The van der Waals surface area contributed by atoms with Crippen molar-refractivity contribution in [2.45, 2.75) is 25.7 Å². The van der Waals surface area contributed by atoms with Gasteiger partial charge in [0.05, 0.1) is 0 Å². The van der Waals surface area contributed by atoms with Gasteiger partial charge in [-0.15, -0.1) is 0 Å². The Balaban J connectivity index is 1.63. The van der Waals surface area contributed by atoms with Gasteiger partial charge in [-0.3, -0.25) is 0 Å². The molecule has 0 aromatic heterocycles. The Hall–Kier alpha value is -2.55. The van der Waals surface area contributed by atoms with E-state index < -0.39 is 0 Å². The third-order valence-corrected chi connectivity index (χ3v) is 4.32. The van der Waals surface area contributed by atoms with Crippen LogP contribution in [0, 0.1) is 17.5 Å². The van der Waals surface area contributed by atoms with Crippen LogP contribution in [0.15, 0.2) is 66.7 Å². The van der Waals surface area contributed by atoms with Crippen LogP contribution in [-0.2, 0) is 25.7 Å². The third-order valence-electron chi connectivity index (χ3n) is 4.32. The van der Waals surface area contributed by atoms with Crippen molar-refractivity contribution in [3.8, 4) is 0 Å². The molecule has 3 aromatic rings. The van der Waals surface area contributed by atoms with E-state index in [0.29, 0.717) is 18.4 Å². The first-order chi connectivity index (χ1) is 12.1.